The Kier molecular flexibility index (Phi) is 7.59. The van der Waals surface area contributed by atoms with E-state index >= 15 is 0 Å². The molecule has 7 heteroatoms. The van der Waals surface area contributed by atoms with Gasteiger partial charge in [-0.3, -0.25) is 9.59 Å². The van der Waals surface area contributed by atoms with Crippen molar-refractivity contribution >= 4 is 12.1 Å². The minimum absolute atomic E-state index is 0.0253. The summed E-state index contributed by atoms with van der Waals surface area (Å²) in [6, 6.07) is 18.1. The van der Waals surface area contributed by atoms with Gasteiger partial charge in [0.1, 0.15) is 5.56 Å². The van der Waals surface area contributed by atoms with Crippen LogP contribution in [0.2, 0.25) is 0 Å². The smallest absolute Gasteiger partial charge is 0.276 e. The van der Waals surface area contributed by atoms with Crippen LogP contribution in [0.4, 0.5) is 0 Å². The molecule has 0 spiro atoms. The number of carbonyl (C=O) groups excluding carboxylic acids is 1. The van der Waals surface area contributed by atoms with Crippen molar-refractivity contribution in [1.29, 1.82) is 0 Å². The fraction of sp³-hybridized carbons (Fsp3) is 0.208. The van der Waals surface area contributed by atoms with Crippen molar-refractivity contribution in [1.82, 2.24) is 9.99 Å². The Balaban J connectivity index is 1.70. The van der Waals surface area contributed by atoms with E-state index < -0.39 is 5.91 Å². The lowest BCUT2D eigenvalue weighted by Crippen LogP contribution is -2.30. The second-order valence-electron chi connectivity index (χ2n) is 6.80. The molecular weight excluding hydrogens is 394 g/mol. The first-order valence-electron chi connectivity index (χ1n) is 10.00. The van der Waals surface area contributed by atoms with Crippen LogP contribution < -0.4 is 20.5 Å². The van der Waals surface area contributed by atoms with Gasteiger partial charge in [0.25, 0.3) is 11.5 Å². The molecule has 0 bridgehead atoms. The molecule has 0 atom stereocenters. The van der Waals surface area contributed by atoms with E-state index in [1.807, 2.05) is 37.3 Å². The topological polar surface area (TPSA) is 81.9 Å². The molecule has 31 heavy (non-hydrogen) atoms. The van der Waals surface area contributed by atoms with Gasteiger partial charge in [0, 0.05) is 6.20 Å². The molecule has 0 radical (unpaired) electrons. The minimum Gasteiger partial charge on any atom is -0.493 e. The summed E-state index contributed by atoms with van der Waals surface area (Å²) < 4.78 is 12.5. The van der Waals surface area contributed by atoms with Gasteiger partial charge in [-0.15, -0.1) is 0 Å². The van der Waals surface area contributed by atoms with Gasteiger partial charge < -0.3 is 14.0 Å². The van der Waals surface area contributed by atoms with Crippen molar-refractivity contribution in [3.8, 4) is 11.5 Å². The first kappa shape index (κ1) is 21.8. The number of hydrogen-bond donors (Lipinski definition) is 1. The third-order valence-electron chi connectivity index (χ3n) is 4.49. The van der Waals surface area contributed by atoms with Gasteiger partial charge in [0.2, 0.25) is 0 Å². The second kappa shape index (κ2) is 10.8. The van der Waals surface area contributed by atoms with Crippen molar-refractivity contribution in [3.63, 3.8) is 0 Å². The van der Waals surface area contributed by atoms with Crippen molar-refractivity contribution in [2.24, 2.45) is 5.10 Å². The minimum atomic E-state index is -0.570. The molecule has 0 unspecified atom stereocenters. The van der Waals surface area contributed by atoms with Crippen molar-refractivity contribution in [2.45, 2.75) is 19.9 Å². The van der Waals surface area contributed by atoms with E-state index in [0.29, 0.717) is 24.7 Å². The van der Waals surface area contributed by atoms with Crippen LogP contribution in [0, 0.1) is 0 Å². The molecule has 0 saturated heterocycles. The van der Waals surface area contributed by atoms with Gasteiger partial charge in [0.15, 0.2) is 11.5 Å². The summed E-state index contributed by atoms with van der Waals surface area (Å²) in [5.41, 5.74) is 3.76. The van der Waals surface area contributed by atoms with Crippen LogP contribution in [-0.4, -0.2) is 30.4 Å². The quantitative estimate of drug-likeness (QED) is 0.425. The normalized spacial score (nSPS) is 10.8. The molecule has 3 aromatic rings. The van der Waals surface area contributed by atoms with E-state index in [2.05, 4.69) is 10.5 Å². The summed E-state index contributed by atoms with van der Waals surface area (Å²) >= 11 is 0. The predicted molar refractivity (Wildman–Crippen MR) is 120 cm³/mol. The van der Waals surface area contributed by atoms with Gasteiger partial charge >= 0.3 is 0 Å². The van der Waals surface area contributed by atoms with E-state index in [0.717, 1.165) is 17.5 Å². The van der Waals surface area contributed by atoms with Crippen LogP contribution in [0.3, 0.4) is 0 Å². The number of hydrazone groups is 1. The largest absolute Gasteiger partial charge is 0.493 e. The molecule has 1 aromatic heterocycles. The molecule has 1 N–H and O–H groups in total. The average molecular weight is 419 g/mol. The van der Waals surface area contributed by atoms with E-state index in [1.165, 1.54) is 16.8 Å². The zero-order valence-corrected chi connectivity index (χ0v) is 17.6. The number of hydrogen-bond acceptors (Lipinski definition) is 5. The summed E-state index contributed by atoms with van der Waals surface area (Å²) in [6.45, 7) is 2.97. The number of methoxy groups -OCH3 is 1. The summed E-state index contributed by atoms with van der Waals surface area (Å²) in [5.74, 6) is 0.656. The molecule has 160 valence electrons. The summed E-state index contributed by atoms with van der Waals surface area (Å²) in [7, 11) is 1.58. The predicted octanol–water partition coefficient (Wildman–Crippen LogP) is 3.46. The molecule has 1 amide bonds. The van der Waals surface area contributed by atoms with E-state index in [-0.39, 0.29) is 11.1 Å². The monoisotopic (exact) mass is 419 g/mol. The number of pyridine rings is 1. The molecule has 2 aromatic carbocycles. The molecule has 3 rings (SSSR count). The third kappa shape index (κ3) is 5.82. The number of benzene rings is 2. The first-order chi connectivity index (χ1) is 15.1. The van der Waals surface area contributed by atoms with Crippen LogP contribution in [0.25, 0.3) is 0 Å². The average Bonchev–Trinajstić information content (AvgIpc) is 2.79. The SMILES string of the molecule is CCCOc1cc(/C=N\NC(=O)c2cccn(Cc3ccccc3)c2=O)ccc1OC. The molecule has 0 aliphatic heterocycles. The maximum Gasteiger partial charge on any atom is 0.276 e. The highest BCUT2D eigenvalue weighted by molar-refractivity contribution is 5.94. The van der Waals surface area contributed by atoms with Crippen LogP contribution >= 0.6 is 0 Å². The molecule has 0 aliphatic carbocycles. The first-order valence-corrected chi connectivity index (χ1v) is 10.00. The number of ether oxygens (including phenoxy) is 2. The van der Waals surface area contributed by atoms with Crippen LogP contribution in [0.15, 0.2) is 76.8 Å². The summed E-state index contributed by atoms with van der Waals surface area (Å²) in [4.78, 5) is 25.2. The Bertz CT molecular complexity index is 1110. The Morgan fingerprint density at radius 1 is 1.10 bits per heavy atom. The lowest BCUT2D eigenvalue weighted by molar-refractivity contribution is 0.0953. The Hall–Kier alpha value is -3.87. The summed E-state index contributed by atoms with van der Waals surface area (Å²) in [5, 5.41) is 3.98. The van der Waals surface area contributed by atoms with Gasteiger partial charge in [-0.05, 0) is 47.9 Å². The Labute approximate surface area is 180 Å². The number of nitrogens with zero attached hydrogens (tertiary/aromatic N) is 2. The maximum atomic E-state index is 12.7. The van der Waals surface area contributed by atoms with Gasteiger partial charge in [-0.1, -0.05) is 37.3 Å². The lowest BCUT2D eigenvalue weighted by Gasteiger charge is -2.10. The van der Waals surface area contributed by atoms with Crippen LogP contribution in [-0.2, 0) is 6.54 Å². The number of amides is 1. The fourth-order valence-electron chi connectivity index (χ4n) is 2.94. The third-order valence-corrected chi connectivity index (χ3v) is 4.49. The van der Waals surface area contributed by atoms with Crippen molar-refractivity contribution < 1.29 is 14.3 Å². The maximum absolute atomic E-state index is 12.7. The molecule has 7 nitrogen and oxygen atoms in total. The highest BCUT2D eigenvalue weighted by Gasteiger charge is 2.12. The van der Waals surface area contributed by atoms with E-state index in [1.54, 1.807) is 37.6 Å². The molecule has 0 aliphatic rings. The van der Waals surface area contributed by atoms with Gasteiger partial charge in [0.05, 0.1) is 26.5 Å². The highest BCUT2D eigenvalue weighted by atomic mass is 16.5. The zero-order chi connectivity index (χ0) is 22.1. The molecule has 1 heterocycles. The standard InChI is InChI=1S/C24H25N3O4/c1-3-14-31-22-15-19(11-12-21(22)30-2)16-25-26-23(28)20-10-7-13-27(24(20)29)17-18-8-5-4-6-9-18/h4-13,15-16H,3,14,17H2,1-2H3,(H,26,28)/b25-16-. The zero-order valence-electron chi connectivity index (χ0n) is 17.6. The Morgan fingerprint density at radius 2 is 1.90 bits per heavy atom. The molecule has 0 fully saturated rings. The van der Waals surface area contributed by atoms with Crippen LogP contribution in [0.5, 0.6) is 11.5 Å². The number of nitrogens with one attached hydrogen (secondary N) is 1. The fourth-order valence-corrected chi connectivity index (χ4v) is 2.94. The van der Waals surface area contributed by atoms with Crippen molar-refractivity contribution in [3.05, 3.63) is 93.9 Å². The number of rotatable bonds is 9. The molecular formula is C24H25N3O4. The second-order valence-corrected chi connectivity index (χ2v) is 6.80. The van der Waals surface area contributed by atoms with Crippen molar-refractivity contribution in [2.75, 3.05) is 13.7 Å². The van der Waals surface area contributed by atoms with Gasteiger partial charge in [-0.2, -0.15) is 5.10 Å². The summed E-state index contributed by atoms with van der Waals surface area (Å²) in [6.07, 6.45) is 4.02. The molecule has 0 saturated carbocycles. The Morgan fingerprint density at radius 3 is 2.65 bits per heavy atom. The van der Waals surface area contributed by atoms with Gasteiger partial charge in [-0.25, -0.2) is 5.43 Å². The highest BCUT2D eigenvalue weighted by Crippen LogP contribution is 2.27. The number of carbonyl (C=O) groups is 1. The van der Waals surface area contributed by atoms with Crippen LogP contribution in [0.1, 0.15) is 34.8 Å². The lowest BCUT2D eigenvalue weighted by atomic mass is 10.2. The van der Waals surface area contributed by atoms with E-state index in [9.17, 15) is 9.59 Å². The van der Waals surface area contributed by atoms with E-state index in [4.69, 9.17) is 9.47 Å². The number of aromatic nitrogens is 1.